The molecule has 0 bridgehead atoms. The molecule has 3 aromatic carbocycles. The number of para-hydroxylation sites is 1. The van der Waals surface area contributed by atoms with E-state index < -0.39 is 0 Å². The largest absolute Gasteiger partial charge is 0.493 e. The zero-order valence-electron chi connectivity index (χ0n) is 21.9. The second-order valence-electron chi connectivity index (χ2n) is 9.79. The van der Waals surface area contributed by atoms with E-state index in [2.05, 4.69) is 6.92 Å². The molecule has 0 radical (unpaired) electrons. The molecule has 1 aliphatic heterocycles. The Bertz CT molecular complexity index is 1390. The van der Waals surface area contributed by atoms with Crippen LogP contribution in [-0.2, 0) is 11.4 Å². The van der Waals surface area contributed by atoms with Gasteiger partial charge < -0.3 is 9.47 Å². The standard InChI is InChI=1S/C31H30Cl2N2O3S/c1-20-8-6-7-11-26(20)35-30(36)28(39-31(35)34-24-9-4-3-5-10-24)18-22-16-25(33)29(27(17-22)37-2)38-19-21-12-14-23(32)15-13-21/h3-5,9-10,12-18,20,26H,6-8,11,19H2,1-2H3/b28-18-,34-31?/t20-,26-/m0/s1. The zero-order chi connectivity index (χ0) is 27.4. The van der Waals surface area contributed by atoms with E-state index in [-0.39, 0.29) is 11.9 Å². The summed E-state index contributed by atoms with van der Waals surface area (Å²) in [7, 11) is 1.57. The molecule has 2 fully saturated rings. The highest BCUT2D eigenvalue weighted by molar-refractivity contribution is 8.18. The quantitative estimate of drug-likeness (QED) is 0.262. The van der Waals surface area contributed by atoms with Gasteiger partial charge in [-0.05, 0) is 84.1 Å². The summed E-state index contributed by atoms with van der Waals surface area (Å²) in [6.07, 6.45) is 6.27. The first-order valence-electron chi connectivity index (χ1n) is 13.0. The van der Waals surface area contributed by atoms with Crippen LogP contribution in [0.15, 0.2) is 76.6 Å². The van der Waals surface area contributed by atoms with E-state index in [4.69, 9.17) is 37.7 Å². The van der Waals surface area contributed by atoms with Crippen LogP contribution in [0.4, 0.5) is 5.69 Å². The van der Waals surface area contributed by atoms with E-state index in [0.29, 0.717) is 39.0 Å². The minimum atomic E-state index is -0.0217. The summed E-state index contributed by atoms with van der Waals surface area (Å²) in [6.45, 7) is 2.55. The number of amidine groups is 1. The Labute approximate surface area is 243 Å². The van der Waals surface area contributed by atoms with Crippen molar-refractivity contribution in [1.82, 2.24) is 4.90 Å². The molecule has 1 saturated carbocycles. The number of hydrogen-bond acceptors (Lipinski definition) is 5. The highest BCUT2D eigenvalue weighted by Gasteiger charge is 2.41. The van der Waals surface area contributed by atoms with Crippen LogP contribution in [0.1, 0.15) is 43.7 Å². The van der Waals surface area contributed by atoms with Crippen molar-refractivity contribution in [3.8, 4) is 11.5 Å². The predicted octanol–water partition coefficient (Wildman–Crippen LogP) is 8.76. The first kappa shape index (κ1) is 27.6. The molecule has 0 N–H and O–H groups in total. The van der Waals surface area contributed by atoms with Crippen LogP contribution >= 0.6 is 35.0 Å². The molecule has 202 valence electrons. The average Bonchev–Trinajstić information content (AvgIpc) is 3.23. The van der Waals surface area contributed by atoms with Crippen molar-refractivity contribution in [2.24, 2.45) is 10.9 Å². The van der Waals surface area contributed by atoms with Crippen LogP contribution in [0.3, 0.4) is 0 Å². The van der Waals surface area contributed by atoms with Gasteiger partial charge in [0.05, 0.1) is 22.7 Å². The van der Waals surface area contributed by atoms with Crippen molar-refractivity contribution >= 4 is 57.8 Å². The molecule has 3 aromatic rings. The van der Waals surface area contributed by atoms with Crippen molar-refractivity contribution < 1.29 is 14.3 Å². The maximum absolute atomic E-state index is 13.8. The number of rotatable bonds is 7. The number of carbonyl (C=O) groups excluding carboxylic acids is 1. The molecule has 1 saturated heterocycles. The molecule has 0 spiro atoms. The molecule has 1 amide bonds. The Morgan fingerprint density at radius 2 is 1.79 bits per heavy atom. The number of aliphatic imine (C=N–C) groups is 1. The number of ether oxygens (including phenoxy) is 2. The van der Waals surface area contributed by atoms with Gasteiger partial charge in [-0.2, -0.15) is 0 Å². The third kappa shape index (κ3) is 6.46. The van der Waals surface area contributed by atoms with E-state index in [0.717, 1.165) is 41.2 Å². The summed E-state index contributed by atoms with van der Waals surface area (Å²) >= 11 is 14.0. The maximum Gasteiger partial charge on any atom is 0.267 e. The van der Waals surface area contributed by atoms with Crippen LogP contribution < -0.4 is 9.47 Å². The van der Waals surface area contributed by atoms with E-state index in [9.17, 15) is 4.79 Å². The van der Waals surface area contributed by atoms with Crippen LogP contribution in [0, 0.1) is 5.92 Å². The number of amides is 1. The van der Waals surface area contributed by atoms with Crippen LogP contribution in [0.5, 0.6) is 11.5 Å². The Morgan fingerprint density at radius 3 is 2.51 bits per heavy atom. The lowest BCUT2D eigenvalue weighted by Gasteiger charge is -2.35. The average molecular weight is 582 g/mol. The minimum Gasteiger partial charge on any atom is -0.493 e. The fourth-order valence-electron chi connectivity index (χ4n) is 5.00. The number of thioether (sulfide) groups is 1. The minimum absolute atomic E-state index is 0.0217. The first-order chi connectivity index (χ1) is 18.9. The summed E-state index contributed by atoms with van der Waals surface area (Å²) in [5, 5.41) is 1.79. The lowest BCUT2D eigenvalue weighted by Crippen LogP contribution is -2.44. The Hall–Kier alpha value is -2.93. The third-order valence-corrected chi connectivity index (χ3v) is 8.58. The number of halogens is 2. The molecule has 1 aliphatic carbocycles. The molecule has 2 atom stereocenters. The van der Waals surface area contributed by atoms with Gasteiger partial charge in [0.1, 0.15) is 6.61 Å². The molecule has 5 nitrogen and oxygen atoms in total. The van der Waals surface area contributed by atoms with E-state index in [1.165, 1.54) is 18.2 Å². The van der Waals surface area contributed by atoms with Gasteiger partial charge in [0.2, 0.25) is 0 Å². The summed E-state index contributed by atoms with van der Waals surface area (Å²) in [4.78, 5) is 21.2. The molecule has 8 heteroatoms. The normalized spacial score (nSPS) is 21.5. The monoisotopic (exact) mass is 580 g/mol. The third-order valence-electron chi connectivity index (χ3n) is 7.06. The Kier molecular flexibility index (Phi) is 8.85. The number of carbonyl (C=O) groups is 1. The van der Waals surface area contributed by atoms with Gasteiger partial charge in [-0.25, -0.2) is 4.99 Å². The summed E-state index contributed by atoms with van der Waals surface area (Å²) in [6, 6.07) is 21.0. The smallest absolute Gasteiger partial charge is 0.267 e. The lowest BCUT2D eigenvalue weighted by molar-refractivity contribution is -0.124. The number of benzene rings is 3. The van der Waals surface area contributed by atoms with Crippen LogP contribution in [0.2, 0.25) is 10.0 Å². The highest BCUT2D eigenvalue weighted by Crippen LogP contribution is 2.42. The molecule has 0 unspecified atom stereocenters. The maximum atomic E-state index is 13.8. The Morgan fingerprint density at radius 1 is 1.05 bits per heavy atom. The molecular weight excluding hydrogens is 551 g/mol. The molecule has 2 aliphatic rings. The van der Waals surface area contributed by atoms with Gasteiger partial charge in [-0.15, -0.1) is 0 Å². The van der Waals surface area contributed by atoms with Gasteiger partial charge >= 0.3 is 0 Å². The lowest BCUT2D eigenvalue weighted by atomic mass is 9.85. The number of methoxy groups -OCH3 is 1. The number of nitrogens with zero attached hydrogens (tertiary/aromatic N) is 2. The molecule has 1 heterocycles. The van der Waals surface area contributed by atoms with Crippen molar-refractivity contribution in [2.75, 3.05) is 7.11 Å². The second kappa shape index (κ2) is 12.5. The van der Waals surface area contributed by atoms with Crippen LogP contribution in [0.25, 0.3) is 6.08 Å². The van der Waals surface area contributed by atoms with E-state index in [1.54, 1.807) is 13.2 Å². The van der Waals surface area contributed by atoms with Crippen molar-refractivity contribution in [2.45, 2.75) is 45.3 Å². The molecule has 39 heavy (non-hydrogen) atoms. The van der Waals surface area contributed by atoms with Gasteiger partial charge in [-0.1, -0.05) is 73.3 Å². The van der Waals surface area contributed by atoms with Crippen molar-refractivity contribution in [1.29, 1.82) is 0 Å². The summed E-state index contributed by atoms with van der Waals surface area (Å²) in [5.74, 6) is 1.34. The van der Waals surface area contributed by atoms with Gasteiger partial charge in [0.25, 0.3) is 5.91 Å². The van der Waals surface area contributed by atoms with Crippen LogP contribution in [-0.4, -0.2) is 29.1 Å². The second-order valence-corrected chi connectivity index (χ2v) is 11.6. The fourth-order valence-corrected chi connectivity index (χ4v) is 6.45. The summed E-state index contributed by atoms with van der Waals surface area (Å²) < 4.78 is 11.6. The SMILES string of the molecule is COc1cc(/C=C2\SC(=Nc3ccccc3)N([C@H]3CCCC[C@@H]3C)C2=O)cc(Cl)c1OCc1ccc(Cl)cc1. The van der Waals surface area contributed by atoms with E-state index in [1.807, 2.05) is 71.6 Å². The van der Waals surface area contributed by atoms with Gasteiger partial charge in [-0.3, -0.25) is 9.69 Å². The fraction of sp³-hybridized carbons (Fsp3) is 0.290. The molecule has 0 aromatic heterocycles. The van der Waals surface area contributed by atoms with E-state index >= 15 is 0 Å². The summed E-state index contributed by atoms with van der Waals surface area (Å²) in [5.41, 5.74) is 2.54. The van der Waals surface area contributed by atoms with Crippen molar-refractivity contribution in [3.05, 3.63) is 92.8 Å². The Balaban J connectivity index is 1.44. The number of hydrogen-bond donors (Lipinski definition) is 0. The van der Waals surface area contributed by atoms with Crippen molar-refractivity contribution in [3.63, 3.8) is 0 Å². The first-order valence-corrected chi connectivity index (χ1v) is 14.6. The predicted molar refractivity (Wildman–Crippen MR) is 161 cm³/mol. The molecule has 5 rings (SSSR count). The van der Waals surface area contributed by atoms with Gasteiger partial charge in [0.15, 0.2) is 16.7 Å². The zero-order valence-corrected chi connectivity index (χ0v) is 24.2. The topological polar surface area (TPSA) is 51.1 Å². The molecular formula is C31H30Cl2N2O3S. The highest BCUT2D eigenvalue weighted by atomic mass is 35.5. The van der Waals surface area contributed by atoms with Gasteiger partial charge in [0, 0.05) is 11.1 Å².